The zero-order valence-electron chi connectivity index (χ0n) is 21.5. The van der Waals surface area contributed by atoms with Gasteiger partial charge >= 0.3 is 5.69 Å². The van der Waals surface area contributed by atoms with Gasteiger partial charge in [-0.2, -0.15) is 10.2 Å². The average Bonchev–Trinajstić information content (AvgIpc) is 3.66. The van der Waals surface area contributed by atoms with Crippen LogP contribution in [-0.4, -0.2) is 64.0 Å². The Morgan fingerprint density at radius 2 is 1.95 bits per heavy atom. The second-order valence-corrected chi connectivity index (χ2v) is 9.98. The van der Waals surface area contributed by atoms with Gasteiger partial charge in [0.2, 0.25) is 5.91 Å². The van der Waals surface area contributed by atoms with Crippen molar-refractivity contribution in [2.24, 2.45) is 0 Å². The molecule has 3 aromatic heterocycles. The minimum atomic E-state index is -0.838. The van der Waals surface area contributed by atoms with E-state index in [0.29, 0.717) is 32.1 Å². The van der Waals surface area contributed by atoms with Gasteiger partial charge in [0.25, 0.3) is 5.56 Å². The Morgan fingerprint density at radius 1 is 1.18 bits per heavy atom. The summed E-state index contributed by atoms with van der Waals surface area (Å²) in [6.07, 6.45) is 2.19. The van der Waals surface area contributed by atoms with Crippen molar-refractivity contribution in [2.75, 3.05) is 34.0 Å². The third kappa shape index (κ3) is 4.97. The van der Waals surface area contributed by atoms with Crippen molar-refractivity contribution in [1.82, 2.24) is 29.4 Å². The number of benzene rings is 1. The zero-order valence-corrected chi connectivity index (χ0v) is 22.4. The molecule has 1 amide bonds. The number of methoxy groups -OCH3 is 2. The van der Waals surface area contributed by atoms with Crippen LogP contribution in [0.15, 0.2) is 40.2 Å². The number of aryl methyl sites for hydroxylation is 1. The van der Waals surface area contributed by atoms with E-state index in [1.165, 1.54) is 65.5 Å². The molecule has 4 aromatic rings. The Morgan fingerprint density at radius 3 is 2.62 bits per heavy atom. The fourth-order valence-corrected chi connectivity index (χ4v) is 5.98. The van der Waals surface area contributed by atoms with E-state index in [4.69, 9.17) is 14.2 Å². The monoisotopic (exact) mass is 558 g/mol. The molecule has 14 heteroatoms. The van der Waals surface area contributed by atoms with Crippen molar-refractivity contribution in [3.63, 3.8) is 0 Å². The molecule has 0 radical (unpaired) electrons. The molecule has 5 rings (SSSR count). The Bertz CT molecular complexity index is 1630. The summed E-state index contributed by atoms with van der Waals surface area (Å²) >= 11 is 1.19. The van der Waals surface area contributed by atoms with Gasteiger partial charge in [0.15, 0.2) is 0 Å². The van der Waals surface area contributed by atoms with Crippen LogP contribution in [-0.2, 0) is 20.8 Å². The quantitative estimate of drug-likeness (QED) is 0.291. The maximum Gasteiger partial charge on any atom is 0.332 e. The van der Waals surface area contributed by atoms with Crippen molar-refractivity contribution in [1.29, 1.82) is 0 Å². The van der Waals surface area contributed by atoms with Gasteiger partial charge in [-0.15, -0.1) is 4.80 Å². The van der Waals surface area contributed by atoms with Crippen LogP contribution in [0.2, 0.25) is 0 Å². The number of hydrogen-bond donors (Lipinski definition) is 1. The molecule has 1 aromatic carbocycles. The first-order valence-corrected chi connectivity index (χ1v) is 13.0. The standard InChI is InChI=1S/C25H27FN6O6S/c1-14-21-22(34)31(16-11-20(33)27-12-16)25(35)30(24(21)39-23(14)32-28-6-7-29-32)13-19(38-9-8-36-2)17-10-15(26)4-5-18(17)37-3/h4-7,10,16,19H,8-9,11-13H2,1-3H3,(H,27,33)/t16-,19-/m0/s1. The minimum absolute atomic E-state index is 0.00287. The largest absolute Gasteiger partial charge is 0.496 e. The number of halogens is 1. The number of nitrogens with zero attached hydrogens (tertiary/aromatic N) is 5. The van der Waals surface area contributed by atoms with E-state index >= 15 is 0 Å². The lowest BCUT2D eigenvalue weighted by atomic mass is 10.1. The summed E-state index contributed by atoms with van der Waals surface area (Å²) in [5.41, 5.74) is -0.117. The molecular formula is C25H27FN6O6S. The Labute approximate surface area is 225 Å². The van der Waals surface area contributed by atoms with Gasteiger partial charge in [0, 0.05) is 31.2 Å². The molecule has 206 valence electrons. The van der Waals surface area contributed by atoms with Gasteiger partial charge in [-0.3, -0.25) is 18.7 Å². The number of amides is 1. The average molecular weight is 559 g/mol. The maximum atomic E-state index is 14.4. The summed E-state index contributed by atoms with van der Waals surface area (Å²) in [4.78, 5) is 41.5. The number of thiophene rings is 1. The number of carbonyl (C=O) groups excluding carboxylic acids is 1. The highest BCUT2D eigenvalue weighted by Gasteiger charge is 2.31. The number of fused-ring (bicyclic) bond motifs is 1. The molecule has 0 saturated carbocycles. The summed E-state index contributed by atoms with van der Waals surface area (Å²) in [5.74, 6) is -0.360. The smallest absolute Gasteiger partial charge is 0.332 e. The van der Waals surface area contributed by atoms with Crippen molar-refractivity contribution in [2.45, 2.75) is 32.0 Å². The molecule has 0 aliphatic carbocycles. The van der Waals surface area contributed by atoms with Crippen LogP contribution in [0.4, 0.5) is 4.39 Å². The van der Waals surface area contributed by atoms with Crippen LogP contribution in [0.5, 0.6) is 5.75 Å². The topological polar surface area (TPSA) is 132 Å². The first-order chi connectivity index (χ1) is 18.8. The van der Waals surface area contributed by atoms with Crippen LogP contribution in [0.1, 0.15) is 29.7 Å². The molecule has 2 atom stereocenters. The second kappa shape index (κ2) is 11.1. The highest BCUT2D eigenvalue weighted by atomic mass is 32.1. The molecule has 4 heterocycles. The molecule has 12 nitrogen and oxygen atoms in total. The lowest BCUT2D eigenvalue weighted by Crippen LogP contribution is -2.43. The lowest BCUT2D eigenvalue weighted by molar-refractivity contribution is -0.119. The number of hydrogen-bond acceptors (Lipinski definition) is 9. The van der Waals surface area contributed by atoms with E-state index < -0.39 is 29.2 Å². The first kappa shape index (κ1) is 26.7. The fourth-order valence-electron chi connectivity index (χ4n) is 4.76. The predicted octanol–water partition coefficient (Wildman–Crippen LogP) is 1.73. The summed E-state index contributed by atoms with van der Waals surface area (Å²) in [6, 6.07) is 3.40. The molecule has 1 N–H and O–H groups in total. The van der Waals surface area contributed by atoms with E-state index in [1.54, 1.807) is 6.92 Å². The van der Waals surface area contributed by atoms with E-state index in [9.17, 15) is 18.8 Å². The third-order valence-electron chi connectivity index (χ3n) is 6.63. The third-order valence-corrected chi connectivity index (χ3v) is 7.91. The molecule has 0 unspecified atom stereocenters. The Kier molecular flexibility index (Phi) is 7.59. The van der Waals surface area contributed by atoms with E-state index in [-0.39, 0.29) is 38.6 Å². The summed E-state index contributed by atoms with van der Waals surface area (Å²) < 4.78 is 33.6. The van der Waals surface area contributed by atoms with Crippen LogP contribution >= 0.6 is 11.3 Å². The molecule has 0 bridgehead atoms. The summed E-state index contributed by atoms with van der Waals surface area (Å²) in [5, 5.41) is 12.0. The zero-order chi connectivity index (χ0) is 27.7. The summed E-state index contributed by atoms with van der Waals surface area (Å²) in [7, 11) is 2.99. The lowest BCUT2D eigenvalue weighted by Gasteiger charge is -2.23. The molecule has 0 spiro atoms. The van der Waals surface area contributed by atoms with Gasteiger partial charge in [0.1, 0.15) is 27.5 Å². The van der Waals surface area contributed by atoms with Crippen LogP contribution in [0.25, 0.3) is 15.2 Å². The molecule has 39 heavy (non-hydrogen) atoms. The fraction of sp³-hybridized carbons (Fsp3) is 0.400. The molecular weight excluding hydrogens is 531 g/mol. The summed E-state index contributed by atoms with van der Waals surface area (Å²) in [6.45, 7) is 2.27. The number of rotatable bonds is 10. The van der Waals surface area contributed by atoms with Gasteiger partial charge in [-0.05, 0) is 25.1 Å². The SMILES string of the molecule is COCCO[C@@H](Cn1c(=O)n([C@@H]2CNC(=O)C2)c(=O)c2c(C)c(-n3nccn3)sc21)c1cc(F)ccc1OC. The van der Waals surface area contributed by atoms with Crippen molar-refractivity contribution in [3.05, 3.63) is 68.4 Å². The van der Waals surface area contributed by atoms with E-state index in [2.05, 4.69) is 15.5 Å². The van der Waals surface area contributed by atoms with Gasteiger partial charge in [0.05, 0.1) is 50.7 Å². The highest BCUT2D eigenvalue weighted by Crippen LogP contribution is 2.34. The van der Waals surface area contributed by atoms with Crippen LogP contribution < -0.4 is 21.3 Å². The second-order valence-electron chi connectivity index (χ2n) is 9.00. The predicted molar refractivity (Wildman–Crippen MR) is 140 cm³/mol. The normalized spacial score (nSPS) is 16.1. The van der Waals surface area contributed by atoms with E-state index in [1.807, 2.05) is 0 Å². The molecule has 1 fully saturated rings. The molecule has 1 aliphatic heterocycles. The minimum Gasteiger partial charge on any atom is -0.496 e. The molecule has 1 aliphatic rings. The maximum absolute atomic E-state index is 14.4. The van der Waals surface area contributed by atoms with E-state index in [0.717, 1.165) is 4.57 Å². The van der Waals surface area contributed by atoms with Crippen molar-refractivity contribution in [3.8, 4) is 10.8 Å². The van der Waals surface area contributed by atoms with Gasteiger partial charge < -0.3 is 19.5 Å². The number of nitrogens with one attached hydrogen (secondary N) is 1. The first-order valence-electron chi connectivity index (χ1n) is 12.2. The van der Waals surface area contributed by atoms with Crippen molar-refractivity contribution < 1.29 is 23.4 Å². The number of carbonyl (C=O) groups is 1. The van der Waals surface area contributed by atoms with Crippen LogP contribution in [0, 0.1) is 12.7 Å². The Hall–Kier alpha value is -3.88. The Balaban J connectivity index is 1.73. The van der Waals surface area contributed by atoms with Crippen molar-refractivity contribution >= 4 is 27.5 Å². The van der Waals surface area contributed by atoms with Gasteiger partial charge in [-0.25, -0.2) is 9.18 Å². The highest BCUT2D eigenvalue weighted by molar-refractivity contribution is 7.21. The van der Waals surface area contributed by atoms with Crippen LogP contribution in [0.3, 0.4) is 0 Å². The van der Waals surface area contributed by atoms with Gasteiger partial charge in [-0.1, -0.05) is 11.3 Å². The number of ether oxygens (including phenoxy) is 3. The number of aromatic nitrogens is 5. The molecule has 1 saturated heterocycles.